The Morgan fingerprint density at radius 1 is 1.50 bits per heavy atom. The van der Waals surface area contributed by atoms with Crippen LogP contribution in [0.3, 0.4) is 0 Å². The van der Waals surface area contributed by atoms with Gasteiger partial charge in [0.2, 0.25) is 0 Å². The Labute approximate surface area is 49.7 Å². The summed E-state index contributed by atoms with van der Waals surface area (Å²) < 4.78 is 0. The van der Waals surface area contributed by atoms with E-state index in [4.69, 9.17) is 10.2 Å². The molecule has 0 aromatic carbocycles. The number of aliphatic hydroxyl groups excluding tert-OH is 2. The van der Waals surface area contributed by atoms with Crippen molar-refractivity contribution < 1.29 is 35.8 Å². The first kappa shape index (κ1) is 16.0. The predicted octanol–water partition coefficient (Wildman–Crippen LogP) is -1.31. The van der Waals surface area contributed by atoms with Gasteiger partial charge in [0, 0.05) is 20.1 Å². The Hall–Kier alpha value is 0.529. The van der Waals surface area contributed by atoms with Gasteiger partial charge < -0.3 is 15.7 Å². The van der Waals surface area contributed by atoms with Crippen molar-refractivity contribution in [2.75, 3.05) is 6.61 Å². The van der Waals surface area contributed by atoms with Crippen LogP contribution in [0, 0.1) is 6.61 Å². The number of aliphatic hydroxyl groups is 2. The molecule has 6 heavy (non-hydrogen) atoms. The van der Waals surface area contributed by atoms with Crippen LogP contribution in [0.2, 0.25) is 0 Å². The zero-order valence-electron chi connectivity index (χ0n) is 3.01. The van der Waals surface area contributed by atoms with Crippen LogP contribution in [0.1, 0.15) is 0 Å². The first-order chi connectivity index (χ1) is 1.91. The standard InChI is InChI=1S/C2H5O2.Ir.H2O/c3-1-2-4;;/h1,3-4H,2H2;;1H2/q-1;;. The Morgan fingerprint density at radius 2 is 1.67 bits per heavy atom. The maximum atomic E-state index is 7.57. The van der Waals surface area contributed by atoms with Gasteiger partial charge in [-0.25, -0.2) is 0 Å². The van der Waals surface area contributed by atoms with Crippen molar-refractivity contribution in [1.29, 1.82) is 0 Å². The number of hydrogen-bond donors (Lipinski definition) is 2. The molecule has 0 fully saturated rings. The monoisotopic (exact) mass is 272 g/mol. The fraction of sp³-hybridized carbons (Fsp3) is 0.500. The van der Waals surface area contributed by atoms with Gasteiger partial charge in [0.25, 0.3) is 0 Å². The van der Waals surface area contributed by atoms with Gasteiger partial charge in [-0.15, -0.1) is 0 Å². The first-order valence-corrected chi connectivity index (χ1v) is 0.983. The molecule has 0 atom stereocenters. The minimum atomic E-state index is -0.250. The van der Waals surface area contributed by atoms with E-state index in [0.29, 0.717) is 6.61 Å². The van der Waals surface area contributed by atoms with Gasteiger partial charge in [0.15, 0.2) is 0 Å². The van der Waals surface area contributed by atoms with Gasteiger partial charge in [0.1, 0.15) is 0 Å². The third-order valence-corrected chi connectivity index (χ3v) is 0.0816. The minimum Gasteiger partial charge on any atom is -0.564 e. The molecule has 0 aliphatic rings. The second kappa shape index (κ2) is 17.7. The van der Waals surface area contributed by atoms with Crippen molar-refractivity contribution in [2.24, 2.45) is 0 Å². The molecule has 4 heteroatoms. The van der Waals surface area contributed by atoms with Crippen LogP contribution in [-0.2, 0) is 20.1 Å². The smallest absolute Gasteiger partial charge is 0 e. The summed E-state index contributed by atoms with van der Waals surface area (Å²) >= 11 is 0. The minimum absolute atomic E-state index is 0. The molecular formula is C2H7IrO3-. The van der Waals surface area contributed by atoms with Crippen molar-refractivity contribution in [3.63, 3.8) is 0 Å². The summed E-state index contributed by atoms with van der Waals surface area (Å²) in [4.78, 5) is 0. The van der Waals surface area contributed by atoms with Gasteiger partial charge in [0.05, 0.1) is 0 Å². The summed E-state index contributed by atoms with van der Waals surface area (Å²) in [5.74, 6) is 0. The van der Waals surface area contributed by atoms with Crippen LogP contribution >= 0.6 is 0 Å². The van der Waals surface area contributed by atoms with Crippen molar-refractivity contribution in [3.05, 3.63) is 6.61 Å². The molecule has 0 amide bonds. The quantitative estimate of drug-likeness (QED) is 0.581. The Bertz CT molecular complexity index is 10.8. The van der Waals surface area contributed by atoms with Crippen LogP contribution in [0.15, 0.2) is 0 Å². The Morgan fingerprint density at radius 3 is 1.67 bits per heavy atom. The van der Waals surface area contributed by atoms with Crippen molar-refractivity contribution in [2.45, 2.75) is 0 Å². The van der Waals surface area contributed by atoms with E-state index in [2.05, 4.69) is 0 Å². The molecule has 0 saturated heterocycles. The topological polar surface area (TPSA) is 72.0 Å². The summed E-state index contributed by atoms with van der Waals surface area (Å²) in [6.45, 7) is 0.431. The summed E-state index contributed by atoms with van der Waals surface area (Å²) in [6, 6.07) is 0. The zero-order valence-corrected chi connectivity index (χ0v) is 5.41. The third kappa shape index (κ3) is 24.1. The molecule has 0 saturated carbocycles. The van der Waals surface area contributed by atoms with Gasteiger partial charge in [-0.3, -0.25) is 0 Å². The second-order valence-corrected chi connectivity index (χ2v) is 0.365. The van der Waals surface area contributed by atoms with Crippen LogP contribution < -0.4 is 0 Å². The van der Waals surface area contributed by atoms with Crippen molar-refractivity contribution in [3.8, 4) is 0 Å². The number of rotatable bonds is 1. The maximum Gasteiger partial charge on any atom is 0 e. The summed E-state index contributed by atoms with van der Waals surface area (Å²) in [5, 5.41) is 15.1. The van der Waals surface area contributed by atoms with E-state index in [-0.39, 0.29) is 32.2 Å². The number of hydrogen-bond acceptors (Lipinski definition) is 2. The largest absolute Gasteiger partial charge is 0.564 e. The van der Waals surface area contributed by atoms with Gasteiger partial charge in [-0.2, -0.15) is 6.61 Å². The normalized spacial score (nSPS) is 5.00. The molecule has 0 aliphatic heterocycles. The molecule has 0 spiro atoms. The summed E-state index contributed by atoms with van der Waals surface area (Å²) in [6.07, 6.45) is 0. The molecule has 0 rings (SSSR count). The molecule has 4 N–H and O–H groups in total. The molecule has 0 bridgehead atoms. The zero-order chi connectivity index (χ0) is 3.41. The molecule has 3 nitrogen and oxygen atoms in total. The molecule has 43 valence electrons. The molecule has 0 unspecified atom stereocenters. The average molecular weight is 271 g/mol. The average Bonchev–Trinajstić information content (AvgIpc) is 1.37. The Balaban J connectivity index is -0.0000000450. The van der Waals surface area contributed by atoms with Crippen molar-refractivity contribution in [1.82, 2.24) is 0 Å². The molecule has 1 radical (unpaired) electrons. The van der Waals surface area contributed by atoms with Crippen LogP contribution in [0.4, 0.5) is 0 Å². The van der Waals surface area contributed by atoms with Gasteiger partial charge in [-0.1, -0.05) is 6.61 Å². The fourth-order valence-corrected chi connectivity index (χ4v) is 0. The van der Waals surface area contributed by atoms with E-state index >= 15 is 0 Å². The summed E-state index contributed by atoms with van der Waals surface area (Å²) in [7, 11) is 0. The van der Waals surface area contributed by atoms with Crippen LogP contribution in [-0.4, -0.2) is 22.3 Å². The molecule has 0 aliphatic carbocycles. The second-order valence-electron chi connectivity index (χ2n) is 0.365. The molecular weight excluding hydrogens is 264 g/mol. The first-order valence-electron chi connectivity index (χ1n) is 0.983. The Kier molecular flexibility index (Phi) is 47.4. The van der Waals surface area contributed by atoms with E-state index in [9.17, 15) is 0 Å². The fourth-order valence-electron chi connectivity index (χ4n) is 0. The van der Waals surface area contributed by atoms with Crippen molar-refractivity contribution >= 4 is 0 Å². The molecule has 0 aromatic heterocycles. The van der Waals surface area contributed by atoms with Crippen LogP contribution in [0.5, 0.6) is 0 Å². The summed E-state index contributed by atoms with van der Waals surface area (Å²) in [5.41, 5.74) is 0. The molecule has 0 heterocycles. The third-order valence-electron chi connectivity index (χ3n) is 0.0816. The predicted molar refractivity (Wildman–Crippen MR) is 16.9 cm³/mol. The van der Waals surface area contributed by atoms with E-state index in [1.807, 2.05) is 0 Å². The van der Waals surface area contributed by atoms with Gasteiger partial charge in [-0.05, 0) is 0 Å². The molecule has 0 aromatic rings. The SMILES string of the molecule is O.O[CH-]CO.[Ir]. The van der Waals surface area contributed by atoms with Crippen LogP contribution in [0.25, 0.3) is 0 Å². The maximum absolute atomic E-state index is 7.57. The van der Waals surface area contributed by atoms with E-state index in [0.717, 1.165) is 0 Å². The van der Waals surface area contributed by atoms with E-state index in [1.54, 1.807) is 0 Å². The van der Waals surface area contributed by atoms with E-state index < -0.39 is 0 Å². The van der Waals surface area contributed by atoms with E-state index in [1.165, 1.54) is 0 Å². The van der Waals surface area contributed by atoms with Gasteiger partial charge >= 0.3 is 0 Å².